The first-order valence-electron chi connectivity index (χ1n) is 7.79. The Morgan fingerprint density at radius 3 is 1.74 bits per heavy atom. The summed E-state index contributed by atoms with van der Waals surface area (Å²) in [6.07, 6.45) is 0. The van der Waals surface area contributed by atoms with Crippen molar-refractivity contribution in [3.8, 4) is 28.0 Å². The molecule has 3 aromatic carbocycles. The van der Waals surface area contributed by atoms with Crippen LogP contribution >= 0.6 is 12.6 Å². The molecule has 0 heterocycles. The smallest absolute Gasteiger partial charge is 0.124 e. The first kappa shape index (κ1) is 15.7. The quantitative estimate of drug-likeness (QED) is 0.555. The van der Waals surface area contributed by atoms with E-state index in [-0.39, 0.29) is 11.7 Å². The van der Waals surface area contributed by atoms with Gasteiger partial charge < -0.3 is 5.11 Å². The summed E-state index contributed by atoms with van der Waals surface area (Å²) in [7, 11) is 0. The van der Waals surface area contributed by atoms with Gasteiger partial charge in [-0.3, -0.25) is 0 Å². The molecular formula is C21H20OS. The van der Waals surface area contributed by atoms with Crippen LogP contribution in [-0.2, 0) is 0 Å². The normalized spacial score (nSPS) is 11.0. The van der Waals surface area contributed by atoms with Crippen molar-refractivity contribution >= 4 is 12.6 Å². The zero-order chi connectivity index (χ0) is 16.4. The predicted octanol–water partition coefficient (Wildman–Crippen LogP) is 6.14. The third-order valence-electron chi connectivity index (χ3n) is 4.03. The lowest BCUT2D eigenvalue weighted by Crippen LogP contribution is -1.99. The number of hydrogen-bond donors (Lipinski definition) is 2. The summed E-state index contributed by atoms with van der Waals surface area (Å²) < 4.78 is 0. The number of benzene rings is 3. The molecule has 1 nitrogen and oxygen atoms in total. The summed E-state index contributed by atoms with van der Waals surface area (Å²) in [5, 5.41) is 10.6. The first-order chi connectivity index (χ1) is 11.1. The second-order valence-corrected chi connectivity index (χ2v) is 6.45. The molecule has 0 fully saturated rings. The van der Waals surface area contributed by atoms with Gasteiger partial charge in [-0.25, -0.2) is 0 Å². The van der Waals surface area contributed by atoms with Crippen LogP contribution in [0.2, 0.25) is 0 Å². The molecule has 0 spiro atoms. The average Bonchev–Trinajstić information content (AvgIpc) is 2.55. The first-order valence-corrected chi connectivity index (χ1v) is 8.24. The van der Waals surface area contributed by atoms with Crippen LogP contribution in [0.4, 0.5) is 0 Å². The number of aromatic hydroxyl groups is 1. The molecule has 0 atom stereocenters. The Balaban J connectivity index is 2.37. The molecule has 0 saturated carbocycles. The number of thiol groups is 1. The van der Waals surface area contributed by atoms with Crippen LogP contribution in [0.25, 0.3) is 22.3 Å². The van der Waals surface area contributed by atoms with Gasteiger partial charge in [0.1, 0.15) is 5.75 Å². The van der Waals surface area contributed by atoms with Crippen LogP contribution in [0.1, 0.15) is 25.3 Å². The van der Waals surface area contributed by atoms with Crippen LogP contribution in [0.15, 0.2) is 71.6 Å². The summed E-state index contributed by atoms with van der Waals surface area (Å²) in [4.78, 5) is 0.803. The summed E-state index contributed by atoms with van der Waals surface area (Å²) in [5.74, 6) is 0.544. The number of phenolic OH excluding ortho intramolecular Hbond substituents is 1. The molecule has 0 amide bonds. The van der Waals surface area contributed by atoms with Gasteiger partial charge >= 0.3 is 0 Å². The van der Waals surface area contributed by atoms with E-state index < -0.39 is 0 Å². The lowest BCUT2D eigenvalue weighted by atomic mass is 9.85. The monoisotopic (exact) mass is 320 g/mol. The lowest BCUT2D eigenvalue weighted by molar-refractivity contribution is 0.475. The molecule has 3 rings (SSSR count). The van der Waals surface area contributed by atoms with Crippen LogP contribution in [0.3, 0.4) is 0 Å². The van der Waals surface area contributed by atoms with Crippen LogP contribution in [0.5, 0.6) is 5.75 Å². The fourth-order valence-corrected chi connectivity index (χ4v) is 3.44. The molecule has 0 unspecified atom stereocenters. The van der Waals surface area contributed by atoms with Gasteiger partial charge in [0, 0.05) is 10.5 Å². The fraction of sp³-hybridized carbons (Fsp3) is 0.143. The van der Waals surface area contributed by atoms with Gasteiger partial charge in [-0.2, -0.15) is 0 Å². The minimum atomic E-state index is 0.262. The highest BCUT2D eigenvalue weighted by Gasteiger charge is 2.21. The Morgan fingerprint density at radius 1 is 0.783 bits per heavy atom. The Hall–Kier alpha value is -2.19. The molecule has 116 valence electrons. The van der Waals surface area contributed by atoms with Gasteiger partial charge in [-0.15, -0.1) is 12.6 Å². The second kappa shape index (κ2) is 6.51. The highest BCUT2D eigenvalue weighted by molar-refractivity contribution is 7.80. The van der Waals surface area contributed by atoms with E-state index in [4.69, 9.17) is 0 Å². The van der Waals surface area contributed by atoms with Crippen molar-refractivity contribution in [1.29, 1.82) is 0 Å². The highest BCUT2D eigenvalue weighted by Crippen LogP contribution is 2.45. The van der Waals surface area contributed by atoms with Gasteiger partial charge in [0.25, 0.3) is 0 Å². The third-order valence-corrected chi connectivity index (χ3v) is 4.38. The van der Waals surface area contributed by atoms with E-state index in [1.165, 1.54) is 0 Å². The molecule has 0 aliphatic heterocycles. The second-order valence-electron chi connectivity index (χ2n) is 5.97. The van der Waals surface area contributed by atoms with Crippen molar-refractivity contribution in [3.05, 3.63) is 72.3 Å². The largest absolute Gasteiger partial charge is 0.507 e. The van der Waals surface area contributed by atoms with Crippen molar-refractivity contribution in [3.63, 3.8) is 0 Å². The molecule has 0 radical (unpaired) electrons. The highest BCUT2D eigenvalue weighted by atomic mass is 32.1. The maximum atomic E-state index is 10.6. The van der Waals surface area contributed by atoms with E-state index in [9.17, 15) is 5.11 Å². The van der Waals surface area contributed by atoms with Crippen molar-refractivity contribution in [2.24, 2.45) is 0 Å². The molecule has 0 bridgehead atoms. The van der Waals surface area contributed by atoms with E-state index in [0.29, 0.717) is 0 Å². The zero-order valence-corrected chi connectivity index (χ0v) is 14.2. The van der Waals surface area contributed by atoms with Gasteiger partial charge in [0.05, 0.1) is 0 Å². The van der Waals surface area contributed by atoms with Gasteiger partial charge in [-0.1, -0.05) is 74.5 Å². The van der Waals surface area contributed by atoms with Crippen LogP contribution < -0.4 is 0 Å². The zero-order valence-electron chi connectivity index (χ0n) is 13.3. The maximum absolute atomic E-state index is 10.6. The molecule has 23 heavy (non-hydrogen) atoms. The summed E-state index contributed by atoms with van der Waals surface area (Å²) in [5.41, 5.74) is 5.28. The van der Waals surface area contributed by atoms with Gasteiger partial charge in [0.15, 0.2) is 0 Å². The summed E-state index contributed by atoms with van der Waals surface area (Å²) in [6, 6.07) is 22.0. The van der Waals surface area contributed by atoms with Gasteiger partial charge in [-0.05, 0) is 34.2 Å². The molecule has 0 aromatic heterocycles. The Bertz CT molecular complexity index is 745. The Labute approximate surface area is 143 Å². The lowest BCUT2D eigenvalue weighted by Gasteiger charge is -2.21. The summed E-state index contributed by atoms with van der Waals surface area (Å²) >= 11 is 4.64. The standard InChI is InChI=1S/C21H20OS/c1-14(2)19-20(15-9-5-3-6-10-15)17(22)13-18(23)21(19)16-11-7-4-8-12-16/h3-14,22-23H,1-2H3. The minimum absolute atomic E-state index is 0.262. The van der Waals surface area contributed by atoms with Crippen molar-refractivity contribution in [2.75, 3.05) is 0 Å². The minimum Gasteiger partial charge on any atom is -0.507 e. The van der Waals surface area contributed by atoms with E-state index in [1.807, 2.05) is 48.5 Å². The molecule has 3 aromatic rings. The maximum Gasteiger partial charge on any atom is 0.124 e. The number of rotatable bonds is 3. The Kier molecular flexibility index (Phi) is 4.44. The topological polar surface area (TPSA) is 20.2 Å². The summed E-state index contributed by atoms with van der Waals surface area (Å²) in [6.45, 7) is 4.31. The molecule has 1 N–H and O–H groups in total. The van der Waals surface area contributed by atoms with Gasteiger partial charge in [0.2, 0.25) is 0 Å². The van der Waals surface area contributed by atoms with E-state index >= 15 is 0 Å². The SMILES string of the molecule is CC(C)c1c(-c2ccccc2)c(O)cc(S)c1-c1ccccc1. The molecule has 2 heteroatoms. The van der Waals surface area contributed by atoms with E-state index in [2.05, 4.69) is 38.6 Å². The van der Waals surface area contributed by atoms with E-state index in [0.717, 1.165) is 32.7 Å². The van der Waals surface area contributed by atoms with Crippen molar-refractivity contribution in [1.82, 2.24) is 0 Å². The number of hydrogen-bond acceptors (Lipinski definition) is 2. The molecule has 0 aliphatic carbocycles. The molecule has 0 aliphatic rings. The van der Waals surface area contributed by atoms with Crippen LogP contribution in [0, 0.1) is 0 Å². The van der Waals surface area contributed by atoms with Crippen molar-refractivity contribution in [2.45, 2.75) is 24.7 Å². The van der Waals surface area contributed by atoms with Crippen LogP contribution in [-0.4, -0.2) is 5.11 Å². The Morgan fingerprint density at radius 2 is 1.26 bits per heavy atom. The molecule has 0 saturated heterocycles. The molecular weight excluding hydrogens is 300 g/mol. The van der Waals surface area contributed by atoms with Crippen molar-refractivity contribution < 1.29 is 5.11 Å². The fourth-order valence-electron chi connectivity index (χ4n) is 3.07. The third kappa shape index (κ3) is 2.99. The number of phenols is 1. The van der Waals surface area contributed by atoms with E-state index in [1.54, 1.807) is 6.07 Å². The average molecular weight is 320 g/mol. The predicted molar refractivity (Wildman–Crippen MR) is 100 cm³/mol.